The van der Waals surface area contributed by atoms with Crippen molar-refractivity contribution in [3.8, 4) is 0 Å². The highest BCUT2D eigenvalue weighted by molar-refractivity contribution is 5.81. The van der Waals surface area contributed by atoms with Crippen LogP contribution in [0.5, 0.6) is 0 Å². The number of tetrazole rings is 1. The Labute approximate surface area is 189 Å². The molecule has 32 heavy (non-hydrogen) atoms. The van der Waals surface area contributed by atoms with E-state index in [0.29, 0.717) is 12.0 Å². The van der Waals surface area contributed by atoms with E-state index in [9.17, 15) is 4.79 Å². The van der Waals surface area contributed by atoms with E-state index in [1.807, 2.05) is 4.68 Å². The van der Waals surface area contributed by atoms with E-state index < -0.39 is 0 Å². The molecule has 1 aliphatic heterocycles. The van der Waals surface area contributed by atoms with Crippen molar-refractivity contribution in [1.82, 2.24) is 30.1 Å². The third kappa shape index (κ3) is 3.98. The molecule has 2 aromatic heterocycles. The maximum absolute atomic E-state index is 13.4. The van der Waals surface area contributed by atoms with Crippen molar-refractivity contribution in [1.29, 1.82) is 0 Å². The van der Waals surface area contributed by atoms with Crippen LogP contribution in [0.4, 0.5) is 0 Å². The van der Waals surface area contributed by atoms with Gasteiger partial charge in [-0.2, -0.15) is 0 Å². The minimum atomic E-state index is -0.228. The van der Waals surface area contributed by atoms with Crippen molar-refractivity contribution < 1.29 is 0 Å². The van der Waals surface area contributed by atoms with Gasteiger partial charge in [0, 0.05) is 11.1 Å². The molecule has 1 saturated heterocycles. The van der Waals surface area contributed by atoms with Gasteiger partial charge in [0.05, 0.1) is 6.04 Å². The second kappa shape index (κ2) is 8.77. The quantitative estimate of drug-likeness (QED) is 0.656. The average Bonchev–Trinajstić information content (AvgIpc) is 3.27. The van der Waals surface area contributed by atoms with Gasteiger partial charge in [0.15, 0.2) is 5.82 Å². The third-order valence-electron chi connectivity index (χ3n) is 7.65. The highest BCUT2D eigenvalue weighted by Gasteiger charge is 2.34. The molecular formula is C25H34N6O. The van der Waals surface area contributed by atoms with Crippen LogP contribution in [-0.2, 0) is 0 Å². The standard InChI is InChI=1S/C25H34N6O/c1-16-9-11-30(12-10-16)23(24-27-28-29-31(24)20-7-5-4-6-8-20)21-15-19-13-17(2)18(3)14-22(19)26-25(21)32/h13-16,20,23H,4-12H2,1-3H3,(H,26,32). The van der Waals surface area contributed by atoms with Gasteiger partial charge in [0.2, 0.25) is 0 Å². The van der Waals surface area contributed by atoms with E-state index in [0.717, 1.165) is 61.1 Å². The minimum absolute atomic E-state index is 0.0393. The fourth-order valence-corrected chi connectivity index (χ4v) is 5.45. The van der Waals surface area contributed by atoms with Gasteiger partial charge in [0.25, 0.3) is 5.56 Å². The predicted octanol–water partition coefficient (Wildman–Crippen LogP) is 4.46. The lowest BCUT2D eigenvalue weighted by Gasteiger charge is -2.36. The number of aryl methyl sites for hydroxylation is 2. The van der Waals surface area contributed by atoms with Crippen LogP contribution in [0.3, 0.4) is 0 Å². The number of fused-ring (bicyclic) bond motifs is 1. The molecule has 1 atom stereocenters. The number of rotatable bonds is 4. The first-order valence-electron chi connectivity index (χ1n) is 12.2. The van der Waals surface area contributed by atoms with Gasteiger partial charge < -0.3 is 4.98 Å². The molecule has 7 nitrogen and oxygen atoms in total. The van der Waals surface area contributed by atoms with Crippen LogP contribution < -0.4 is 5.56 Å². The third-order valence-corrected chi connectivity index (χ3v) is 7.65. The summed E-state index contributed by atoms with van der Waals surface area (Å²) >= 11 is 0. The van der Waals surface area contributed by atoms with Gasteiger partial charge in [0.1, 0.15) is 6.04 Å². The topological polar surface area (TPSA) is 79.7 Å². The maximum Gasteiger partial charge on any atom is 0.253 e. The van der Waals surface area contributed by atoms with Crippen LogP contribution in [0, 0.1) is 19.8 Å². The maximum atomic E-state index is 13.4. The molecule has 0 spiro atoms. The number of nitrogens with one attached hydrogen (secondary N) is 1. The molecule has 7 heteroatoms. The molecule has 0 amide bonds. The van der Waals surface area contributed by atoms with Crippen molar-refractivity contribution in [2.75, 3.05) is 13.1 Å². The van der Waals surface area contributed by atoms with E-state index in [4.69, 9.17) is 0 Å². The summed E-state index contributed by atoms with van der Waals surface area (Å²) in [4.78, 5) is 19.0. The molecule has 1 N–H and O–H groups in total. The van der Waals surface area contributed by atoms with E-state index in [-0.39, 0.29) is 11.6 Å². The molecule has 1 aliphatic carbocycles. The average molecular weight is 435 g/mol. The van der Waals surface area contributed by atoms with Crippen molar-refractivity contribution >= 4 is 10.9 Å². The van der Waals surface area contributed by atoms with Crippen molar-refractivity contribution in [3.63, 3.8) is 0 Å². The van der Waals surface area contributed by atoms with Gasteiger partial charge in [-0.1, -0.05) is 26.2 Å². The minimum Gasteiger partial charge on any atom is -0.322 e. The molecule has 0 radical (unpaired) electrons. The summed E-state index contributed by atoms with van der Waals surface area (Å²) in [7, 11) is 0. The summed E-state index contributed by atoms with van der Waals surface area (Å²) in [6, 6.07) is 6.41. The summed E-state index contributed by atoms with van der Waals surface area (Å²) < 4.78 is 2.03. The normalized spacial score (nSPS) is 20.1. The number of H-pyrrole nitrogens is 1. The first-order valence-corrected chi connectivity index (χ1v) is 12.2. The number of aromatic nitrogens is 5. The summed E-state index contributed by atoms with van der Waals surface area (Å²) in [6.45, 7) is 8.41. The zero-order valence-corrected chi connectivity index (χ0v) is 19.5. The smallest absolute Gasteiger partial charge is 0.253 e. The Kier molecular flexibility index (Phi) is 5.84. The molecule has 1 aromatic carbocycles. The van der Waals surface area contributed by atoms with Crippen molar-refractivity contribution in [2.45, 2.75) is 77.8 Å². The summed E-state index contributed by atoms with van der Waals surface area (Å²) in [6.07, 6.45) is 8.18. The molecule has 3 heterocycles. The molecule has 170 valence electrons. The van der Waals surface area contributed by atoms with Crippen LogP contribution >= 0.6 is 0 Å². The number of piperidine rings is 1. The first kappa shape index (κ1) is 21.3. The molecule has 1 unspecified atom stereocenters. The van der Waals surface area contributed by atoms with Crippen LogP contribution in [0.15, 0.2) is 23.0 Å². The Bertz CT molecular complexity index is 1150. The highest BCUT2D eigenvalue weighted by Crippen LogP contribution is 2.34. The Morgan fingerprint density at radius 2 is 1.72 bits per heavy atom. The zero-order chi connectivity index (χ0) is 22.2. The van der Waals surface area contributed by atoms with E-state index in [2.05, 4.69) is 64.4 Å². The van der Waals surface area contributed by atoms with Crippen molar-refractivity contribution in [3.05, 3.63) is 51.1 Å². The summed E-state index contributed by atoms with van der Waals surface area (Å²) in [5.41, 5.74) is 4.01. The van der Waals surface area contributed by atoms with E-state index >= 15 is 0 Å². The number of benzene rings is 1. The van der Waals surface area contributed by atoms with Crippen molar-refractivity contribution in [2.24, 2.45) is 5.92 Å². The second-order valence-corrected chi connectivity index (χ2v) is 9.97. The van der Waals surface area contributed by atoms with Gasteiger partial charge in [-0.3, -0.25) is 9.69 Å². The predicted molar refractivity (Wildman–Crippen MR) is 126 cm³/mol. The van der Waals surface area contributed by atoms with Crippen LogP contribution in [0.1, 0.15) is 86.5 Å². The number of hydrogen-bond acceptors (Lipinski definition) is 5. The molecule has 0 bridgehead atoms. The van der Waals surface area contributed by atoms with Crippen LogP contribution in [-0.4, -0.2) is 43.2 Å². The fraction of sp³-hybridized carbons (Fsp3) is 0.600. The van der Waals surface area contributed by atoms with Gasteiger partial charge in [-0.15, -0.1) is 5.10 Å². The number of hydrogen-bond donors (Lipinski definition) is 1. The van der Waals surface area contributed by atoms with Crippen LogP contribution in [0.25, 0.3) is 10.9 Å². The lowest BCUT2D eigenvalue weighted by molar-refractivity contribution is 0.146. The largest absolute Gasteiger partial charge is 0.322 e. The summed E-state index contributed by atoms with van der Waals surface area (Å²) in [5.74, 6) is 1.53. The zero-order valence-electron chi connectivity index (χ0n) is 19.5. The van der Waals surface area contributed by atoms with E-state index in [1.54, 1.807) is 0 Å². The molecule has 1 saturated carbocycles. The van der Waals surface area contributed by atoms with Gasteiger partial charge in [-0.05, 0) is 104 Å². The number of likely N-dealkylation sites (tertiary alicyclic amines) is 1. The Balaban J connectivity index is 1.63. The van der Waals surface area contributed by atoms with E-state index in [1.165, 1.54) is 30.4 Å². The Hall–Kier alpha value is -2.54. The SMILES string of the molecule is Cc1cc2cc(C(c3nnnn3C3CCCCC3)N3CCC(C)CC3)c(=O)[nH]c2cc1C. The highest BCUT2D eigenvalue weighted by atomic mass is 16.1. The Morgan fingerprint density at radius 1 is 1.00 bits per heavy atom. The van der Waals surface area contributed by atoms with Gasteiger partial charge >= 0.3 is 0 Å². The molecule has 5 rings (SSSR count). The number of pyridine rings is 1. The number of aromatic amines is 1. The Morgan fingerprint density at radius 3 is 2.47 bits per heavy atom. The first-order chi connectivity index (χ1) is 15.5. The lowest BCUT2D eigenvalue weighted by Crippen LogP contribution is -2.40. The molecule has 2 aliphatic rings. The molecular weight excluding hydrogens is 400 g/mol. The summed E-state index contributed by atoms with van der Waals surface area (Å²) in [5, 5.41) is 14.1. The molecule has 2 fully saturated rings. The lowest BCUT2D eigenvalue weighted by atomic mass is 9.93. The molecule has 3 aromatic rings. The monoisotopic (exact) mass is 434 g/mol. The fourth-order valence-electron chi connectivity index (χ4n) is 5.45. The van der Waals surface area contributed by atoms with Crippen LogP contribution in [0.2, 0.25) is 0 Å². The number of nitrogens with zero attached hydrogens (tertiary/aromatic N) is 5. The van der Waals surface area contributed by atoms with Gasteiger partial charge in [-0.25, -0.2) is 4.68 Å². The second-order valence-electron chi connectivity index (χ2n) is 9.97.